The molecule has 2 amide bonds. The number of hydrogen-bond acceptors (Lipinski definition) is 4. The fourth-order valence-corrected chi connectivity index (χ4v) is 4.50. The number of amides is 2. The molecule has 1 fully saturated rings. The van der Waals surface area contributed by atoms with Gasteiger partial charge in [0.2, 0.25) is 11.8 Å². The van der Waals surface area contributed by atoms with Crippen molar-refractivity contribution in [1.82, 2.24) is 15.5 Å². The van der Waals surface area contributed by atoms with E-state index in [4.69, 9.17) is 0 Å². The van der Waals surface area contributed by atoms with Crippen LogP contribution >= 0.6 is 11.3 Å². The molecule has 6 heteroatoms. The first-order valence-electron chi connectivity index (χ1n) is 9.04. The lowest BCUT2D eigenvalue weighted by Crippen LogP contribution is -2.50. The van der Waals surface area contributed by atoms with E-state index in [0.717, 1.165) is 38.8 Å². The summed E-state index contributed by atoms with van der Waals surface area (Å²) in [5.74, 6) is 0.0656. The molecule has 3 heterocycles. The first kappa shape index (κ1) is 17.4. The Hall–Kier alpha value is -1.40. The molecule has 132 valence electrons. The molecule has 2 N–H and O–H groups in total. The molecule has 3 rings (SSSR count). The summed E-state index contributed by atoms with van der Waals surface area (Å²) in [6.07, 6.45) is 5.17. The van der Waals surface area contributed by atoms with E-state index < -0.39 is 0 Å². The molecule has 1 saturated heterocycles. The first-order valence-corrected chi connectivity index (χ1v) is 9.92. The summed E-state index contributed by atoms with van der Waals surface area (Å²) in [7, 11) is 0. The van der Waals surface area contributed by atoms with Crippen LogP contribution in [0.4, 0.5) is 0 Å². The SMILES string of the molecule is CCCC(NC(=O)CC1CCCN1)C(=O)N1CCc2sccc2C1. The second-order valence-electron chi connectivity index (χ2n) is 6.78. The van der Waals surface area contributed by atoms with Crippen LogP contribution in [0.1, 0.15) is 49.5 Å². The van der Waals surface area contributed by atoms with Crippen LogP contribution in [0.25, 0.3) is 0 Å². The number of carbonyl (C=O) groups excluding carboxylic acids is 2. The smallest absolute Gasteiger partial charge is 0.245 e. The third kappa shape index (κ3) is 4.16. The van der Waals surface area contributed by atoms with Crippen molar-refractivity contribution < 1.29 is 9.59 Å². The molecule has 2 aliphatic rings. The minimum Gasteiger partial charge on any atom is -0.344 e. The molecule has 1 aromatic rings. The van der Waals surface area contributed by atoms with Crippen LogP contribution in [0.5, 0.6) is 0 Å². The first-order chi connectivity index (χ1) is 11.7. The second kappa shape index (κ2) is 8.12. The van der Waals surface area contributed by atoms with Crippen molar-refractivity contribution in [3.63, 3.8) is 0 Å². The molecule has 24 heavy (non-hydrogen) atoms. The van der Waals surface area contributed by atoms with E-state index in [2.05, 4.69) is 29.0 Å². The maximum atomic E-state index is 12.9. The number of nitrogens with one attached hydrogen (secondary N) is 2. The van der Waals surface area contributed by atoms with E-state index in [9.17, 15) is 9.59 Å². The van der Waals surface area contributed by atoms with Gasteiger partial charge in [0.25, 0.3) is 0 Å². The monoisotopic (exact) mass is 349 g/mol. The van der Waals surface area contributed by atoms with Gasteiger partial charge in [-0.15, -0.1) is 11.3 Å². The van der Waals surface area contributed by atoms with Gasteiger partial charge in [-0.05, 0) is 49.2 Å². The fraction of sp³-hybridized carbons (Fsp3) is 0.667. The average molecular weight is 350 g/mol. The number of hydrogen-bond donors (Lipinski definition) is 2. The zero-order valence-electron chi connectivity index (χ0n) is 14.3. The van der Waals surface area contributed by atoms with Gasteiger partial charge in [-0.2, -0.15) is 0 Å². The Bertz CT molecular complexity index is 581. The summed E-state index contributed by atoms with van der Waals surface area (Å²) >= 11 is 1.77. The Morgan fingerprint density at radius 2 is 2.38 bits per heavy atom. The van der Waals surface area contributed by atoms with Crippen LogP contribution in [0.15, 0.2) is 11.4 Å². The van der Waals surface area contributed by atoms with Crippen LogP contribution < -0.4 is 10.6 Å². The molecule has 0 aliphatic carbocycles. The van der Waals surface area contributed by atoms with E-state index in [1.54, 1.807) is 11.3 Å². The van der Waals surface area contributed by atoms with Crippen LogP contribution in [0.3, 0.4) is 0 Å². The third-order valence-corrected chi connectivity index (χ3v) is 5.95. The summed E-state index contributed by atoms with van der Waals surface area (Å²) in [4.78, 5) is 28.5. The molecular formula is C18H27N3O2S. The van der Waals surface area contributed by atoms with Crippen molar-refractivity contribution in [3.8, 4) is 0 Å². The van der Waals surface area contributed by atoms with Gasteiger partial charge in [-0.3, -0.25) is 9.59 Å². The molecule has 0 bridgehead atoms. The lowest BCUT2D eigenvalue weighted by Gasteiger charge is -2.31. The lowest BCUT2D eigenvalue weighted by molar-refractivity contribution is -0.137. The number of carbonyl (C=O) groups is 2. The highest BCUT2D eigenvalue weighted by atomic mass is 32.1. The number of rotatable bonds is 6. The lowest BCUT2D eigenvalue weighted by atomic mass is 10.1. The van der Waals surface area contributed by atoms with Crippen molar-refractivity contribution >= 4 is 23.2 Å². The molecule has 0 aromatic carbocycles. The molecule has 2 atom stereocenters. The van der Waals surface area contributed by atoms with Gasteiger partial charge >= 0.3 is 0 Å². The molecule has 0 radical (unpaired) electrons. The van der Waals surface area contributed by atoms with Crippen LogP contribution in [-0.4, -0.2) is 41.9 Å². The molecule has 0 spiro atoms. The minimum atomic E-state index is -0.385. The summed E-state index contributed by atoms with van der Waals surface area (Å²) in [5, 5.41) is 8.43. The van der Waals surface area contributed by atoms with Crippen LogP contribution in [-0.2, 0) is 22.6 Å². The molecular weight excluding hydrogens is 322 g/mol. The summed E-state index contributed by atoms with van der Waals surface area (Å²) in [6.45, 7) is 4.48. The second-order valence-corrected chi connectivity index (χ2v) is 7.79. The van der Waals surface area contributed by atoms with Gasteiger partial charge in [0, 0.05) is 30.4 Å². The molecule has 2 aliphatic heterocycles. The molecule has 1 aromatic heterocycles. The van der Waals surface area contributed by atoms with Crippen molar-refractivity contribution in [2.24, 2.45) is 0 Å². The van der Waals surface area contributed by atoms with Gasteiger partial charge in [0.1, 0.15) is 6.04 Å². The number of fused-ring (bicyclic) bond motifs is 1. The minimum absolute atomic E-state index is 0.00516. The Balaban J connectivity index is 1.57. The zero-order chi connectivity index (χ0) is 16.9. The van der Waals surface area contributed by atoms with E-state index in [1.807, 2.05) is 4.90 Å². The highest BCUT2D eigenvalue weighted by Crippen LogP contribution is 2.24. The maximum Gasteiger partial charge on any atom is 0.245 e. The molecule has 2 unspecified atom stereocenters. The number of nitrogens with zero attached hydrogens (tertiary/aromatic N) is 1. The van der Waals surface area contributed by atoms with Crippen molar-refractivity contribution in [1.29, 1.82) is 0 Å². The van der Waals surface area contributed by atoms with Crippen molar-refractivity contribution in [3.05, 3.63) is 21.9 Å². The molecule has 0 saturated carbocycles. The van der Waals surface area contributed by atoms with Gasteiger partial charge in [-0.25, -0.2) is 0 Å². The van der Waals surface area contributed by atoms with Gasteiger partial charge in [0.15, 0.2) is 0 Å². The van der Waals surface area contributed by atoms with Crippen molar-refractivity contribution in [2.75, 3.05) is 13.1 Å². The van der Waals surface area contributed by atoms with Crippen LogP contribution in [0, 0.1) is 0 Å². The van der Waals surface area contributed by atoms with E-state index in [1.165, 1.54) is 10.4 Å². The largest absolute Gasteiger partial charge is 0.344 e. The number of thiophene rings is 1. The summed E-state index contributed by atoms with van der Waals surface area (Å²) in [5.41, 5.74) is 1.26. The third-order valence-electron chi connectivity index (χ3n) is 4.92. The van der Waals surface area contributed by atoms with E-state index in [-0.39, 0.29) is 23.9 Å². The maximum absolute atomic E-state index is 12.9. The van der Waals surface area contributed by atoms with Gasteiger partial charge < -0.3 is 15.5 Å². The Morgan fingerprint density at radius 3 is 3.12 bits per heavy atom. The van der Waals surface area contributed by atoms with Crippen molar-refractivity contribution in [2.45, 2.75) is 64.1 Å². The average Bonchev–Trinajstić information content (AvgIpc) is 3.24. The fourth-order valence-electron chi connectivity index (χ4n) is 3.61. The standard InChI is InChI=1S/C18H27N3O2S/c1-2-4-15(20-17(22)11-14-5-3-8-19-14)18(23)21-9-6-16-13(12-21)7-10-24-16/h7,10,14-15,19H,2-6,8-9,11-12H2,1H3,(H,20,22). The Morgan fingerprint density at radius 1 is 1.50 bits per heavy atom. The van der Waals surface area contributed by atoms with Crippen LogP contribution in [0.2, 0.25) is 0 Å². The van der Waals surface area contributed by atoms with E-state index in [0.29, 0.717) is 19.4 Å². The predicted octanol–water partition coefficient (Wildman–Crippen LogP) is 2.06. The van der Waals surface area contributed by atoms with Gasteiger partial charge in [0.05, 0.1) is 0 Å². The summed E-state index contributed by atoms with van der Waals surface area (Å²) < 4.78 is 0. The predicted molar refractivity (Wildman–Crippen MR) is 95.9 cm³/mol. The highest BCUT2D eigenvalue weighted by Gasteiger charge is 2.29. The topological polar surface area (TPSA) is 61.4 Å². The van der Waals surface area contributed by atoms with E-state index >= 15 is 0 Å². The van der Waals surface area contributed by atoms with Gasteiger partial charge in [-0.1, -0.05) is 13.3 Å². The molecule has 5 nitrogen and oxygen atoms in total. The zero-order valence-corrected chi connectivity index (χ0v) is 15.2. The Kier molecular flexibility index (Phi) is 5.89. The quantitative estimate of drug-likeness (QED) is 0.826. The normalized spacial score (nSPS) is 21.4. The highest BCUT2D eigenvalue weighted by molar-refractivity contribution is 7.10. The Labute approximate surface area is 147 Å². The summed E-state index contributed by atoms with van der Waals surface area (Å²) in [6, 6.07) is 1.99.